The zero-order chi connectivity index (χ0) is 34.4. The number of allylic oxidation sites excluding steroid dienone is 4. The highest BCUT2D eigenvalue weighted by molar-refractivity contribution is 5.83. The SMILES string of the molecule is C=C(/C=C(\C)OC)CN1C(=O)N(CC)C2(CCN(Cc3cc(OC)cc(OC)c3)CC2)/C1=C/C(CCC)C(C)/C(=C\C)OC.CC. The number of benzene rings is 1. The Hall–Kier alpha value is -3.39. The minimum Gasteiger partial charge on any atom is -0.501 e. The molecule has 2 aliphatic rings. The average molecular weight is 640 g/mol. The van der Waals surface area contributed by atoms with Crippen LogP contribution in [0.5, 0.6) is 11.5 Å². The Kier molecular flexibility index (Phi) is 15.8. The summed E-state index contributed by atoms with van der Waals surface area (Å²) in [6.07, 6.45) is 10.1. The van der Waals surface area contributed by atoms with Gasteiger partial charge in [-0.05, 0) is 81.4 Å². The normalized spacial score (nSPS) is 19.1. The van der Waals surface area contributed by atoms with Crippen LogP contribution < -0.4 is 9.47 Å². The summed E-state index contributed by atoms with van der Waals surface area (Å²) in [5.74, 6) is 3.73. The van der Waals surface area contributed by atoms with E-state index in [2.05, 4.69) is 61.4 Å². The lowest BCUT2D eigenvalue weighted by Crippen LogP contribution is -2.53. The molecule has 2 aliphatic heterocycles. The van der Waals surface area contributed by atoms with Gasteiger partial charge in [-0.25, -0.2) is 4.79 Å². The molecule has 2 amide bonds. The van der Waals surface area contributed by atoms with Crippen LogP contribution in [0.4, 0.5) is 4.79 Å². The van der Waals surface area contributed by atoms with E-state index in [1.807, 2.05) is 44.7 Å². The lowest BCUT2D eigenvalue weighted by atomic mass is 9.79. The first kappa shape index (κ1) is 38.8. The summed E-state index contributed by atoms with van der Waals surface area (Å²) in [7, 11) is 6.76. The summed E-state index contributed by atoms with van der Waals surface area (Å²) in [5.41, 5.74) is 2.71. The van der Waals surface area contributed by atoms with Gasteiger partial charge < -0.3 is 23.8 Å². The van der Waals surface area contributed by atoms with E-state index in [-0.39, 0.29) is 23.4 Å². The molecule has 258 valence electrons. The van der Waals surface area contributed by atoms with Crippen LogP contribution in [-0.2, 0) is 16.0 Å². The molecule has 46 heavy (non-hydrogen) atoms. The highest BCUT2D eigenvalue weighted by Gasteiger charge is 2.54. The molecule has 2 heterocycles. The highest BCUT2D eigenvalue weighted by Crippen LogP contribution is 2.46. The smallest absolute Gasteiger partial charge is 0.325 e. The van der Waals surface area contributed by atoms with Gasteiger partial charge in [-0.1, -0.05) is 46.8 Å². The molecule has 0 aliphatic carbocycles. The number of likely N-dealkylation sites (N-methyl/N-ethyl adjacent to an activating group) is 1. The molecular formula is C38H61N3O5. The molecule has 0 N–H and O–H groups in total. The Labute approximate surface area is 279 Å². The van der Waals surface area contributed by atoms with Crippen LogP contribution in [0.2, 0.25) is 0 Å². The van der Waals surface area contributed by atoms with Gasteiger partial charge in [-0.3, -0.25) is 9.80 Å². The molecule has 2 unspecified atom stereocenters. The van der Waals surface area contributed by atoms with Crippen molar-refractivity contribution in [3.63, 3.8) is 0 Å². The van der Waals surface area contributed by atoms with Crippen molar-refractivity contribution in [3.05, 3.63) is 71.4 Å². The zero-order valence-electron chi connectivity index (χ0n) is 30.6. The number of urea groups is 1. The summed E-state index contributed by atoms with van der Waals surface area (Å²) >= 11 is 0. The molecule has 2 fully saturated rings. The first-order chi connectivity index (χ1) is 22.1. The molecule has 0 aromatic heterocycles. The minimum absolute atomic E-state index is 0.0512. The summed E-state index contributed by atoms with van der Waals surface area (Å²) in [6, 6.07) is 6.10. The Bertz CT molecular complexity index is 1210. The van der Waals surface area contributed by atoms with Crippen molar-refractivity contribution in [1.82, 2.24) is 14.7 Å². The number of piperidine rings is 1. The maximum absolute atomic E-state index is 14.2. The number of ether oxygens (including phenoxy) is 4. The second kappa shape index (κ2) is 18.7. The monoisotopic (exact) mass is 639 g/mol. The molecule has 1 aromatic carbocycles. The summed E-state index contributed by atoms with van der Waals surface area (Å²) in [6.45, 7) is 22.4. The molecule has 2 atom stereocenters. The number of likely N-dealkylation sites (tertiary alicyclic amines) is 1. The molecule has 8 heteroatoms. The van der Waals surface area contributed by atoms with Crippen LogP contribution in [0.25, 0.3) is 0 Å². The fraction of sp³-hybridized carbons (Fsp3) is 0.605. The van der Waals surface area contributed by atoms with Crippen molar-refractivity contribution >= 4 is 6.03 Å². The minimum atomic E-state index is -0.385. The van der Waals surface area contributed by atoms with Gasteiger partial charge in [0.15, 0.2) is 0 Å². The summed E-state index contributed by atoms with van der Waals surface area (Å²) < 4.78 is 22.2. The molecule has 8 nitrogen and oxygen atoms in total. The molecule has 1 aromatic rings. The Morgan fingerprint density at radius 1 is 1.02 bits per heavy atom. The molecule has 0 saturated carbocycles. The van der Waals surface area contributed by atoms with Crippen molar-refractivity contribution in [2.45, 2.75) is 86.2 Å². The van der Waals surface area contributed by atoms with E-state index < -0.39 is 0 Å². The predicted molar refractivity (Wildman–Crippen MR) is 189 cm³/mol. The largest absolute Gasteiger partial charge is 0.501 e. The third-order valence-electron chi connectivity index (χ3n) is 9.26. The number of carbonyl (C=O) groups excluding carboxylic acids is 1. The van der Waals surface area contributed by atoms with Gasteiger partial charge in [0.2, 0.25) is 0 Å². The number of amides is 2. The Balaban J connectivity index is 0.00000361. The predicted octanol–water partition coefficient (Wildman–Crippen LogP) is 8.42. The lowest BCUT2D eigenvalue weighted by molar-refractivity contribution is 0.0883. The molecule has 1 spiro atoms. The number of rotatable bonds is 15. The van der Waals surface area contributed by atoms with Crippen molar-refractivity contribution in [1.29, 1.82) is 0 Å². The van der Waals surface area contributed by atoms with Gasteiger partial charge in [0, 0.05) is 43.9 Å². The summed E-state index contributed by atoms with van der Waals surface area (Å²) in [4.78, 5) is 20.8. The van der Waals surface area contributed by atoms with E-state index in [1.54, 1.807) is 28.4 Å². The van der Waals surface area contributed by atoms with E-state index in [0.717, 1.165) is 85.2 Å². The van der Waals surface area contributed by atoms with Crippen molar-refractivity contribution in [3.8, 4) is 11.5 Å². The van der Waals surface area contributed by atoms with Crippen LogP contribution in [0.1, 0.15) is 79.7 Å². The van der Waals surface area contributed by atoms with Crippen LogP contribution in [0.15, 0.2) is 65.8 Å². The van der Waals surface area contributed by atoms with Crippen molar-refractivity contribution < 1.29 is 23.7 Å². The van der Waals surface area contributed by atoms with Crippen LogP contribution in [0.3, 0.4) is 0 Å². The van der Waals surface area contributed by atoms with Crippen LogP contribution in [-0.4, -0.2) is 80.9 Å². The van der Waals surface area contributed by atoms with Gasteiger partial charge in [-0.2, -0.15) is 0 Å². The van der Waals surface area contributed by atoms with E-state index in [0.29, 0.717) is 13.1 Å². The first-order valence-corrected chi connectivity index (χ1v) is 17.0. The zero-order valence-corrected chi connectivity index (χ0v) is 30.6. The fourth-order valence-corrected chi connectivity index (χ4v) is 6.87. The van der Waals surface area contributed by atoms with E-state index in [9.17, 15) is 4.79 Å². The third kappa shape index (κ3) is 9.11. The van der Waals surface area contributed by atoms with E-state index in [4.69, 9.17) is 18.9 Å². The van der Waals surface area contributed by atoms with Gasteiger partial charge in [-0.15, -0.1) is 0 Å². The van der Waals surface area contributed by atoms with Gasteiger partial charge in [0.05, 0.1) is 52.0 Å². The van der Waals surface area contributed by atoms with Crippen molar-refractivity contribution in [2.75, 3.05) is 54.6 Å². The third-order valence-corrected chi connectivity index (χ3v) is 9.26. The Morgan fingerprint density at radius 2 is 1.63 bits per heavy atom. The second-order valence-electron chi connectivity index (χ2n) is 11.9. The number of carbonyl (C=O) groups is 1. The second-order valence-corrected chi connectivity index (χ2v) is 11.9. The summed E-state index contributed by atoms with van der Waals surface area (Å²) in [5, 5.41) is 0. The fourth-order valence-electron chi connectivity index (χ4n) is 6.87. The van der Waals surface area contributed by atoms with E-state index >= 15 is 0 Å². The standard InChI is InChI=1S/C36H55N3O5.C2H6/c1-11-14-30(28(6)33(12-2)44-10)22-34-36(39(13-3)35(40)38(34)24-26(4)19-27(5)41-7)15-17-37(18-16-36)25-29-20-31(42-8)23-32(21-29)43-9;1-2/h12,19-23,28,30H,4,11,13-18,24-25H2,1-3,5-10H3;1-2H3/b27-19+,33-12+,34-22-;. The van der Waals surface area contributed by atoms with Crippen LogP contribution in [0, 0.1) is 11.8 Å². The molecule has 0 bridgehead atoms. The number of nitrogens with zero attached hydrogens (tertiary/aromatic N) is 3. The number of hydrogen-bond acceptors (Lipinski definition) is 6. The van der Waals surface area contributed by atoms with Crippen LogP contribution >= 0.6 is 0 Å². The number of hydrogen-bond donors (Lipinski definition) is 0. The average Bonchev–Trinajstić information content (AvgIpc) is 3.27. The maximum Gasteiger partial charge on any atom is 0.325 e. The molecule has 2 saturated heterocycles. The number of methoxy groups -OCH3 is 4. The molecular weight excluding hydrogens is 578 g/mol. The first-order valence-electron chi connectivity index (χ1n) is 17.0. The van der Waals surface area contributed by atoms with Gasteiger partial charge in [0.25, 0.3) is 0 Å². The van der Waals surface area contributed by atoms with Crippen molar-refractivity contribution in [2.24, 2.45) is 11.8 Å². The topological polar surface area (TPSA) is 63.7 Å². The quantitative estimate of drug-likeness (QED) is 0.142. The Morgan fingerprint density at radius 3 is 2.11 bits per heavy atom. The maximum atomic E-state index is 14.2. The van der Waals surface area contributed by atoms with E-state index in [1.165, 1.54) is 0 Å². The lowest BCUT2D eigenvalue weighted by Gasteiger charge is -2.44. The molecule has 3 rings (SSSR count). The van der Waals surface area contributed by atoms with Gasteiger partial charge >= 0.3 is 6.03 Å². The van der Waals surface area contributed by atoms with Gasteiger partial charge in [0.1, 0.15) is 11.5 Å². The highest BCUT2D eigenvalue weighted by atomic mass is 16.5. The molecule has 0 radical (unpaired) electrons.